The molecule has 0 bridgehead atoms. The molecule has 0 saturated carbocycles. The van der Waals surface area contributed by atoms with Crippen LogP contribution in [-0.4, -0.2) is 36.5 Å². The van der Waals surface area contributed by atoms with Gasteiger partial charge in [0.1, 0.15) is 0 Å². The van der Waals surface area contributed by atoms with Crippen LogP contribution in [0.5, 0.6) is 0 Å². The predicted molar refractivity (Wildman–Crippen MR) is 66.0 cm³/mol. The maximum Gasteiger partial charge on any atom is 0.223 e. The van der Waals surface area contributed by atoms with Crippen molar-refractivity contribution in [2.24, 2.45) is 0 Å². The Morgan fingerprint density at radius 2 is 2.38 bits per heavy atom. The molecule has 3 heteroatoms. The molecule has 0 radical (unpaired) electrons. The highest BCUT2D eigenvalue weighted by Gasteiger charge is 2.16. The lowest BCUT2D eigenvalue weighted by atomic mass is 10.0. The topological polar surface area (TPSA) is 32.3 Å². The SMILES string of the molecule is C#CCN(CC)C(=O)CCC1CCCCN1. The molecule has 1 fully saturated rings. The fourth-order valence-electron chi connectivity index (χ4n) is 2.11. The number of terminal acetylenes is 1. The van der Waals surface area contributed by atoms with E-state index in [1.807, 2.05) is 6.92 Å². The number of nitrogens with one attached hydrogen (secondary N) is 1. The van der Waals surface area contributed by atoms with Crippen molar-refractivity contribution >= 4 is 5.91 Å². The fourth-order valence-corrected chi connectivity index (χ4v) is 2.11. The molecular weight excluding hydrogens is 200 g/mol. The molecule has 3 nitrogen and oxygen atoms in total. The summed E-state index contributed by atoms with van der Waals surface area (Å²) in [5, 5.41) is 3.45. The van der Waals surface area contributed by atoms with Crippen LogP contribution >= 0.6 is 0 Å². The van der Waals surface area contributed by atoms with Gasteiger partial charge in [0, 0.05) is 19.0 Å². The predicted octanol–water partition coefficient (Wildman–Crippen LogP) is 1.39. The Labute approximate surface area is 98.6 Å². The van der Waals surface area contributed by atoms with E-state index in [9.17, 15) is 4.79 Å². The van der Waals surface area contributed by atoms with Gasteiger partial charge in [-0.3, -0.25) is 4.79 Å². The lowest BCUT2D eigenvalue weighted by molar-refractivity contribution is -0.130. The van der Waals surface area contributed by atoms with Crippen molar-refractivity contribution in [3.8, 4) is 12.3 Å². The fraction of sp³-hybridized carbons (Fsp3) is 0.769. The van der Waals surface area contributed by atoms with Crippen molar-refractivity contribution in [1.29, 1.82) is 0 Å². The molecule has 0 aromatic carbocycles. The zero-order valence-electron chi connectivity index (χ0n) is 10.2. The smallest absolute Gasteiger partial charge is 0.223 e. The second kappa shape index (κ2) is 7.29. The van der Waals surface area contributed by atoms with Crippen LogP contribution in [0.15, 0.2) is 0 Å². The average Bonchev–Trinajstić information content (AvgIpc) is 2.34. The Morgan fingerprint density at radius 1 is 1.56 bits per heavy atom. The summed E-state index contributed by atoms with van der Waals surface area (Å²) in [6.07, 6.45) is 10.5. The first-order chi connectivity index (χ1) is 7.77. The zero-order chi connectivity index (χ0) is 11.8. The summed E-state index contributed by atoms with van der Waals surface area (Å²) < 4.78 is 0. The van der Waals surface area contributed by atoms with Crippen molar-refractivity contribution in [2.75, 3.05) is 19.6 Å². The molecule has 1 aliphatic heterocycles. The second-order valence-corrected chi connectivity index (χ2v) is 4.30. The van der Waals surface area contributed by atoms with Gasteiger partial charge in [-0.1, -0.05) is 12.3 Å². The monoisotopic (exact) mass is 222 g/mol. The molecule has 0 spiro atoms. The lowest BCUT2D eigenvalue weighted by Gasteiger charge is -2.24. The normalized spacial score (nSPS) is 20.1. The molecule has 1 amide bonds. The van der Waals surface area contributed by atoms with Gasteiger partial charge in [-0.25, -0.2) is 0 Å². The Morgan fingerprint density at radius 3 is 2.94 bits per heavy atom. The summed E-state index contributed by atoms with van der Waals surface area (Å²) in [6, 6.07) is 0.530. The lowest BCUT2D eigenvalue weighted by Crippen LogP contribution is -2.36. The summed E-state index contributed by atoms with van der Waals surface area (Å²) >= 11 is 0. The molecule has 0 aromatic rings. The first kappa shape index (κ1) is 13.1. The van der Waals surface area contributed by atoms with Gasteiger partial charge in [0.05, 0.1) is 6.54 Å². The number of hydrogen-bond acceptors (Lipinski definition) is 2. The number of hydrogen-bond donors (Lipinski definition) is 1. The van der Waals surface area contributed by atoms with Crippen molar-refractivity contribution < 1.29 is 4.79 Å². The van der Waals surface area contributed by atoms with Gasteiger partial charge in [0.25, 0.3) is 0 Å². The van der Waals surface area contributed by atoms with Crippen LogP contribution in [0, 0.1) is 12.3 Å². The minimum atomic E-state index is 0.188. The third kappa shape index (κ3) is 4.24. The van der Waals surface area contributed by atoms with Crippen molar-refractivity contribution in [3.05, 3.63) is 0 Å². The van der Waals surface area contributed by atoms with E-state index in [0.29, 0.717) is 25.6 Å². The van der Waals surface area contributed by atoms with Crippen molar-refractivity contribution in [1.82, 2.24) is 10.2 Å². The van der Waals surface area contributed by atoms with Crippen LogP contribution in [0.3, 0.4) is 0 Å². The molecule has 1 atom stereocenters. The highest BCUT2D eigenvalue weighted by atomic mass is 16.2. The number of piperidine rings is 1. The van der Waals surface area contributed by atoms with E-state index in [2.05, 4.69) is 11.2 Å². The molecule has 0 aliphatic carbocycles. The second-order valence-electron chi connectivity index (χ2n) is 4.30. The summed E-state index contributed by atoms with van der Waals surface area (Å²) in [5.74, 6) is 2.71. The van der Waals surface area contributed by atoms with Gasteiger partial charge in [-0.15, -0.1) is 6.42 Å². The Balaban J connectivity index is 2.24. The van der Waals surface area contributed by atoms with Gasteiger partial charge in [-0.2, -0.15) is 0 Å². The highest BCUT2D eigenvalue weighted by Crippen LogP contribution is 2.12. The van der Waals surface area contributed by atoms with Crippen molar-refractivity contribution in [3.63, 3.8) is 0 Å². The summed E-state index contributed by atoms with van der Waals surface area (Å²) in [5.41, 5.74) is 0. The summed E-state index contributed by atoms with van der Waals surface area (Å²) in [6.45, 7) is 4.21. The molecule has 1 saturated heterocycles. The quantitative estimate of drug-likeness (QED) is 0.713. The standard InChI is InChI=1S/C13H22N2O/c1-3-11-15(4-2)13(16)9-8-12-7-5-6-10-14-12/h1,12,14H,4-11H2,2H3. The Kier molecular flexibility index (Phi) is 5.95. The van der Waals surface area contributed by atoms with E-state index >= 15 is 0 Å². The number of amides is 1. The van der Waals surface area contributed by atoms with E-state index < -0.39 is 0 Å². The van der Waals surface area contributed by atoms with E-state index in [1.54, 1.807) is 4.90 Å². The maximum absolute atomic E-state index is 11.8. The Bertz CT molecular complexity index is 251. The van der Waals surface area contributed by atoms with Gasteiger partial charge in [-0.05, 0) is 32.7 Å². The average molecular weight is 222 g/mol. The molecular formula is C13H22N2O. The molecule has 1 aliphatic rings. The summed E-state index contributed by atoms with van der Waals surface area (Å²) in [7, 11) is 0. The van der Waals surface area contributed by atoms with Crippen LogP contribution in [0.25, 0.3) is 0 Å². The molecule has 1 heterocycles. The number of carbonyl (C=O) groups excluding carboxylic acids is 1. The first-order valence-electron chi connectivity index (χ1n) is 6.22. The van der Waals surface area contributed by atoms with Gasteiger partial charge in [0.2, 0.25) is 5.91 Å². The van der Waals surface area contributed by atoms with E-state index in [0.717, 1.165) is 13.0 Å². The number of carbonyl (C=O) groups is 1. The minimum absolute atomic E-state index is 0.188. The third-order valence-corrected chi connectivity index (χ3v) is 3.14. The first-order valence-corrected chi connectivity index (χ1v) is 6.22. The molecule has 90 valence electrons. The maximum atomic E-state index is 11.8. The van der Waals surface area contributed by atoms with Crippen LogP contribution < -0.4 is 5.32 Å². The molecule has 0 aromatic heterocycles. The van der Waals surface area contributed by atoms with Crippen molar-refractivity contribution in [2.45, 2.75) is 45.1 Å². The molecule has 16 heavy (non-hydrogen) atoms. The van der Waals surface area contributed by atoms with Gasteiger partial charge in [0.15, 0.2) is 0 Å². The van der Waals surface area contributed by atoms with Crippen LogP contribution in [0.1, 0.15) is 39.0 Å². The van der Waals surface area contributed by atoms with Gasteiger partial charge >= 0.3 is 0 Å². The largest absolute Gasteiger partial charge is 0.332 e. The van der Waals surface area contributed by atoms with Crippen LogP contribution in [0.4, 0.5) is 0 Å². The molecule has 1 N–H and O–H groups in total. The van der Waals surface area contributed by atoms with Crippen LogP contribution in [0.2, 0.25) is 0 Å². The highest BCUT2D eigenvalue weighted by molar-refractivity contribution is 5.76. The van der Waals surface area contributed by atoms with E-state index in [1.165, 1.54) is 19.3 Å². The van der Waals surface area contributed by atoms with E-state index in [-0.39, 0.29) is 5.91 Å². The number of rotatable bonds is 5. The van der Waals surface area contributed by atoms with E-state index in [4.69, 9.17) is 6.42 Å². The summed E-state index contributed by atoms with van der Waals surface area (Å²) in [4.78, 5) is 13.5. The van der Waals surface area contributed by atoms with Crippen LogP contribution in [-0.2, 0) is 4.79 Å². The zero-order valence-corrected chi connectivity index (χ0v) is 10.2. The molecule has 1 unspecified atom stereocenters. The number of nitrogens with zero attached hydrogens (tertiary/aromatic N) is 1. The molecule has 1 rings (SSSR count). The minimum Gasteiger partial charge on any atom is -0.332 e. The third-order valence-electron chi connectivity index (χ3n) is 3.14. The van der Waals surface area contributed by atoms with Gasteiger partial charge < -0.3 is 10.2 Å². The Hall–Kier alpha value is -1.01.